The lowest BCUT2D eigenvalue weighted by Gasteiger charge is -1.97. The highest BCUT2D eigenvalue weighted by molar-refractivity contribution is 9.10. The quantitative estimate of drug-likeness (QED) is 0.839. The van der Waals surface area contributed by atoms with Crippen molar-refractivity contribution in [3.63, 3.8) is 0 Å². The molecule has 0 fully saturated rings. The van der Waals surface area contributed by atoms with Crippen LogP contribution in [0.1, 0.15) is 5.89 Å². The summed E-state index contributed by atoms with van der Waals surface area (Å²) in [5, 5.41) is 3.71. The van der Waals surface area contributed by atoms with Gasteiger partial charge in [-0.15, -0.1) is 0 Å². The normalized spacial score (nSPS) is 10.3. The zero-order valence-corrected chi connectivity index (χ0v) is 9.16. The van der Waals surface area contributed by atoms with Gasteiger partial charge in [0.1, 0.15) is 5.82 Å². The lowest BCUT2D eigenvalue weighted by molar-refractivity contribution is 0.411. The highest BCUT2D eigenvalue weighted by atomic mass is 79.9. The second-order valence-electron chi connectivity index (χ2n) is 2.78. The molecule has 0 atom stereocenters. The Labute approximate surface area is 93.7 Å². The van der Waals surface area contributed by atoms with E-state index in [2.05, 4.69) is 32.6 Å². The molecule has 0 saturated heterocycles. The first kappa shape index (κ1) is 10.0. The van der Waals surface area contributed by atoms with Gasteiger partial charge in [0, 0.05) is 10.0 Å². The van der Waals surface area contributed by atoms with Crippen LogP contribution < -0.4 is 0 Å². The summed E-state index contributed by atoms with van der Waals surface area (Å²) in [5.41, 5.74) is 0.548. The maximum atomic E-state index is 13.0. The molecule has 1 aromatic heterocycles. The summed E-state index contributed by atoms with van der Waals surface area (Å²) >= 11 is 3.28. The summed E-state index contributed by atoms with van der Waals surface area (Å²) in [7, 11) is 0. The van der Waals surface area contributed by atoms with Crippen LogP contribution in [0.4, 0.5) is 4.39 Å². The second kappa shape index (κ2) is 3.94. The standard InChI is InChI=1S/C10H6BrFN2O/c1-2-9-13-10(14-15-9)7-5-6(12)3-4-8(7)11/h2-5H,1H2. The molecule has 0 aliphatic heterocycles. The fraction of sp³-hybridized carbons (Fsp3) is 0. The van der Waals surface area contributed by atoms with Crippen molar-refractivity contribution >= 4 is 22.0 Å². The van der Waals surface area contributed by atoms with Crippen molar-refractivity contribution in [1.82, 2.24) is 10.1 Å². The lowest BCUT2D eigenvalue weighted by atomic mass is 10.2. The van der Waals surface area contributed by atoms with Crippen LogP contribution in [-0.2, 0) is 0 Å². The smallest absolute Gasteiger partial charge is 0.250 e. The molecule has 3 nitrogen and oxygen atoms in total. The van der Waals surface area contributed by atoms with E-state index in [1.807, 2.05) is 0 Å². The van der Waals surface area contributed by atoms with E-state index in [1.165, 1.54) is 18.2 Å². The van der Waals surface area contributed by atoms with Gasteiger partial charge in [-0.3, -0.25) is 0 Å². The highest BCUT2D eigenvalue weighted by Crippen LogP contribution is 2.26. The predicted octanol–water partition coefficient (Wildman–Crippen LogP) is 3.28. The zero-order chi connectivity index (χ0) is 10.8. The maximum absolute atomic E-state index is 13.0. The first-order valence-electron chi connectivity index (χ1n) is 4.12. The van der Waals surface area contributed by atoms with Crippen molar-refractivity contribution in [2.75, 3.05) is 0 Å². The zero-order valence-electron chi connectivity index (χ0n) is 7.58. The third kappa shape index (κ3) is 1.97. The Hall–Kier alpha value is -1.49. The SMILES string of the molecule is C=Cc1nc(-c2cc(F)ccc2Br)no1. The topological polar surface area (TPSA) is 38.9 Å². The van der Waals surface area contributed by atoms with Gasteiger partial charge >= 0.3 is 0 Å². The largest absolute Gasteiger partial charge is 0.334 e. The van der Waals surface area contributed by atoms with Gasteiger partial charge in [0.15, 0.2) is 0 Å². The molecule has 1 aromatic carbocycles. The number of nitrogens with zero attached hydrogens (tertiary/aromatic N) is 2. The van der Waals surface area contributed by atoms with Crippen molar-refractivity contribution in [1.29, 1.82) is 0 Å². The lowest BCUT2D eigenvalue weighted by Crippen LogP contribution is -1.84. The van der Waals surface area contributed by atoms with Gasteiger partial charge in [-0.25, -0.2) is 4.39 Å². The van der Waals surface area contributed by atoms with Gasteiger partial charge in [-0.05, 0) is 24.3 Å². The van der Waals surface area contributed by atoms with Crippen LogP contribution in [0.2, 0.25) is 0 Å². The number of rotatable bonds is 2. The molecule has 0 spiro atoms. The number of hydrogen-bond acceptors (Lipinski definition) is 3. The number of aromatic nitrogens is 2. The van der Waals surface area contributed by atoms with Gasteiger partial charge in [0.05, 0.1) is 0 Å². The van der Waals surface area contributed by atoms with Crippen LogP contribution in [0, 0.1) is 5.82 Å². The average Bonchev–Trinajstić information content (AvgIpc) is 2.70. The Morgan fingerprint density at radius 1 is 1.47 bits per heavy atom. The molecule has 0 unspecified atom stereocenters. The molecular weight excluding hydrogens is 263 g/mol. The van der Waals surface area contributed by atoms with Crippen LogP contribution in [0.15, 0.2) is 33.8 Å². The van der Waals surface area contributed by atoms with Crippen LogP contribution in [-0.4, -0.2) is 10.1 Å². The summed E-state index contributed by atoms with van der Waals surface area (Å²) in [4.78, 5) is 4.01. The molecule has 2 rings (SSSR count). The Morgan fingerprint density at radius 3 is 2.93 bits per heavy atom. The van der Waals surface area contributed by atoms with Gasteiger partial charge in [0.25, 0.3) is 0 Å². The van der Waals surface area contributed by atoms with Gasteiger partial charge in [-0.1, -0.05) is 27.7 Å². The Bertz CT molecular complexity index is 510. The van der Waals surface area contributed by atoms with Crippen molar-refractivity contribution < 1.29 is 8.91 Å². The molecule has 0 radical (unpaired) electrons. The maximum Gasteiger partial charge on any atom is 0.250 e. The fourth-order valence-electron chi connectivity index (χ4n) is 1.10. The van der Waals surface area contributed by atoms with Gasteiger partial charge < -0.3 is 4.52 Å². The Kier molecular flexibility index (Phi) is 2.64. The molecule has 76 valence electrons. The van der Waals surface area contributed by atoms with Gasteiger partial charge in [-0.2, -0.15) is 4.98 Å². The van der Waals surface area contributed by atoms with E-state index >= 15 is 0 Å². The number of hydrogen-bond donors (Lipinski definition) is 0. The van der Waals surface area contributed by atoms with Crippen molar-refractivity contribution in [2.24, 2.45) is 0 Å². The van der Waals surface area contributed by atoms with Crippen molar-refractivity contribution in [3.05, 3.63) is 41.0 Å². The highest BCUT2D eigenvalue weighted by Gasteiger charge is 2.10. The molecule has 2 aromatic rings. The molecule has 5 heteroatoms. The molecule has 0 amide bonds. The van der Waals surface area contributed by atoms with Crippen molar-refractivity contribution in [3.8, 4) is 11.4 Å². The molecule has 0 saturated carbocycles. The summed E-state index contributed by atoms with van der Waals surface area (Å²) < 4.78 is 18.5. The number of halogens is 2. The minimum absolute atomic E-state index is 0.307. The van der Waals surface area contributed by atoms with E-state index in [0.717, 1.165) is 0 Å². The van der Waals surface area contributed by atoms with Gasteiger partial charge in [0.2, 0.25) is 11.7 Å². The monoisotopic (exact) mass is 268 g/mol. The summed E-state index contributed by atoms with van der Waals surface area (Å²) in [5.74, 6) is 0.288. The number of benzene rings is 1. The van der Waals surface area contributed by atoms with E-state index in [0.29, 0.717) is 21.8 Å². The van der Waals surface area contributed by atoms with E-state index in [-0.39, 0.29) is 5.82 Å². The first-order chi connectivity index (χ1) is 7.20. The molecule has 15 heavy (non-hydrogen) atoms. The van der Waals surface area contributed by atoms with Crippen molar-refractivity contribution in [2.45, 2.75) is 0 Å². The molecule has 1 heterocycles. The third-order valence-electron chi connectivity index (χ3n) is 1.79. The summed E-state index contributed by atoms with van der Waals surface area (Å²) in [6.45, 7) is 3.50. The molecular formula is C10H6BrFN2O. The Morgan fingerprint density at radius 2 is 2.27 bits per heavy atom. The van der Waals surface area contributed by atoms with E-state index < -0.39 is 0 Å². The second-order valence-corrected chi connectivity index (χ2v) is 3.64. The van der Waals surface area contributed by atoms with E-state index in [9.17, 15) is 4.39 Å². The first-order valence-corrected chi connectivity index (χ1v) is 4.91. The molecule has 0 aliphatic carbocycles. The predicted molar refractivity (Wildman–Crippen MR) is 57.5 cm³/mol. The summed E-state index contributed by atoms with van der Waals surface area (Å²) in [6, 6.07) is 4.28. The molecule has 0 aliphatic rings. The third-order valence-corrected chi connectivity index (χ3v) is 2.48. The minimum atomic E-state index is -0.349. The summed E-state index contributed by atoms with van der Waals surface area (Å²) in [6.07, 6.45) is 1.43. The van der Waals surface area contributed by atoms with Crippen LogP contribution in [0.25, 0.3) is 17.5 Å². The van der Waals surface area contributed by atoms with Crippen LogP contribution in [0.3, 0.4) is 0 Å². The van der Waals surface area contributed by atoms with E-state index in [4.69, 9.17) is 4.52 Å². The van der Waals surface area contributed by atoms with Crippen LogP contribution >= 0.6 is 15.9 Å². The van der Waals surface area contributed by atoms with E-state index in [1.54, 1.807) is 6.07 Å². The van der Waals surface area contributed by atoms with Crippen LogP contribution in [0.5, 0.6) is 0 Å². The molecule has 0 bridgehead atoms. The average molecular weight is 269 g/mol. The molecule has 0 N–H and O–H groups in total. The fourth-order valence-corrected chi connectivity index (χ4v) is 1.52. The Balaban J connectivity index is 2.52. The minimum Gasteiger partial charge on any atom is -0.334 e.